The molecule has 4 nitrogen and oxygen atoms in total. The average molecular weight is 316 g/mol. The minimum absolute atomic E-state index is 0. The zero-order chi connectivity index (χ0) is 14.5. The van der Waals surface area contributed by atoms with Crippen LogP contribution in [0.25, 0.3) is 0 Å². The molecule has 0 aliphatic carbocycles. The van der Waals surface area contributed by atoms with Gasteiger partial charge in [0.25, 0.3) is 0 Å². The highest BCUT2D eigenvalue weighted by Gasteiger charge is 2.19. The van der Waals surface area contributed by atoms with Crippen LogP contribution in [0.3, 0.4) is 0 Å². The molecule has 21 heavy (non-hydrogen) atoms. The van der Waals surface area contributed by atoms with E-state index in [1.54, 1.807) is 0 Å². The summed E-state index contributed by atoms with van der Waals surface area (Å²) in [5, 5.41) is 19.5. The Kier molecular flexibility index (Phi) is 7.46. The molecule has 0 bridgehead atoms. The molecule has 120 valence electrons. The van der Waals surface area contributed by atoms with Gasteiger partial charge >= 0.3 is 0 Å². The zero-order valence-electron chi connectivity index (χ0n) is 12.8. The highest BCUT2D eigenvalue weighted by molar-refractivity contribution is 5.85. The van der Waals surface area contributed by atoms with Crippen LogP contribution in [0.2, 0.25) is 0 Å². The maximum atomic E-state index is 10.1. The molecule has 1 saturated heterocycles. The van der Waals surface area contributed by atoms with E-state index in [0.29, 0.717) is 13.2 Å². The van der Waals surface area contributed by atoms with Gasteiger partial charge in [0, 0.05) is 19.6 Å². The number of aliphatic hydroxyl groups excluding tert-OH is 2. The summed E-state index contributed by atoms with van der Waals surface area (Å²) in [6, 6.07) is 5.96. The van der Waals surface area contributed by atoms with Gasteiger partial charge in [-0.3, -0.25) is 0 Å². The number of halogens is 1. The molecule has 1 aromatic rings. The fraction of sp³-hybridized carbons (Fsp3) is 0.625. The summed E-state index contributed by atoms with van der Waals surface area (Å²) in [4.78, 5) is 2.18. The van der Waals surface area contributed by atoms with E-state index in [9.17, 15) is 10.2 Å². The van der Waals surface area contributed by atoms with Gasteiger partial charge < -0.3 is 19.8 Å². The van der Waals surface area contributed by atoms with Crippen molar-refractivity contribution in [2.75, 3.05) is 26.2 Å². The predicted octanol–water partition coefficient (Wildman–Crippen LogP) is 1.92. The highest BCUT2D eigenvalue weighted by atomic mass is 35.5. The first-order valence-corrected chi connectivity index (χ1v) is 7.33. The van der Waals surface area contributed by atoms with E-state index in [4.69, 9.17) is 4.74 Å². The Morgan fingerprint density at radius 2 is 1.95 bits per heavy atom. The number of benzene rings is 1. The second kappa shape index (κ2) is 8.59. The number of β-amino-alcohol motifs (C(OH)–C–C–N with tert-alkyl or cyclic N) is 1. The third-order valence-electron chi connectivity index (χ3n) is 4.01. The van der Waals surface area contributed by atoms with Gasteiger partial charge in [-0.15, -0.1) is 12.4 Å². The molecule has 2 N–H and O–H groups in total. The maximum absolute atomic E-state index is 10.1. The van der Waals surface area contributed by atoms with Gasteiger partial charge in [-0.25, -0.2) is 0 Å². The van der Waals surface area contributed by atoms with Crippen molar-refractivity contribution in [2.45, 2.75) is 38.9 Å². The number of hydrogen-bond donors (Lipinski definition) is 2. The lowest BCUT2D eigenvalue weighted by atomic mass is 10.1. The third kappa shape index (κ3) is 5.47. The maximum Gasteiger partial charge on any atom is 0.122 e. The van der Waals surface area contributed by atoms with Crippen molar-refractivity contribution in [3.8, 4) is 5.75 Å². The minimum Gasteiger partial charge on any atom is -0.491 e. The van der Waals surface area contributed by atoms with Crippen molar-refractivity contribution in [1.82, 2.24) is 4.90 Å². The molecule has 0 saturated carbocycles. The number of nitrogens with zero attached hydrogens (tertiary/aromatic N) is 1. The first-order chi connectivity index (χ1) is 9.56. The van der Waals surface area contributed by atoms with E-state index in [-0.39, 0.29) is 18.5 Å². The van der Waals surface area contributed by atoms with Crippen molar-refractivity contribution in [1.29, 1.82) is 0 Å². The molecular formula is C16H26ClNO3. The second-order valence-corrected chi connectivity index (χ2v) is 5.69. The summed E-state index contributed by atoms with van der Waals surface area (Å²) in [6.07, 6.45) is 0.925. The molecule has 1 heterocycles. The van der Waals surface area contributed by atoms with E-state index < -0.39 is 6.10 Å². The van der Waals surface area contributed by atoms with E-state index in [0.717, 1.165) is 37.2 Å². The molecule has 0 spiro atoms. The molecule has 0 amide bonds. The van der Waals surface area contributed by atoms with Crippen LogP contribution in [-0.2, 0) is 0 Å². The molecule has 2 rings (SSSR count). The lowest BCUT2D eigenvalue weighted by Gasteiger charge is -2.30. The summed E-state index contributed by atoms with van der Waals surface area (Å²) in [6.45, 7) is 6.70. The lowest BCUT2D eigenvalue weighted by molar-refractivity contribution is 0.0336. The van der Waals surface area contributed by atoms with Crippen molar-refractivity contribution < 1.29 is 14.9 Å². The van der Waals surface area contributed by atoms with Crippen LogP contribution in [0.4, 0.5) is 0 Å². The van der Waals surface area contributed by atoms with Gasteiger partial charge in [-0.2, -0.15) is 0 Å². The van der Waals surface area contributed by atoms with Gasteiger partial charge in [0.1, 0.15) is 18.5 Å². The fourth-order valence-corrected chi connectivity index (χ4v) is 2.52. The van der Waals surface area contributed by atoms with E-state index in [1.165, 1.54) is 5.56 Å². The molecule has 0 aromatic heterocycles. The minimum atomic E-state index is -0.495. The second-order valence-electron chi connectivity index (χ2n) is 5.69. The number of rotatable bonds is 5. The Balaban J connectivity index is 0.00000220. The Labute approximate surface area is 133 Å². The molecule has 5 heteroatoms. The molecule has 1 aliphatic rings. The van der Waals surface area contributed by atoms with Crippen molar-refractivity contribution >= 4 is 12.4 Å². The summed E-state index contributed by atoms with van der Waals surface area (Å²) in [7, 11) is 0. The SMILES string of the molecule is Cc1cccc(OCC(O)CN2CCC(O)CC2)c1C.Cl. The fourth-order valence-electron chi connectivity index (χ4n) is 2.52. The summed E-state index contributed by atoms with van der Waals surface area (Å²) >= 11 is 0. The Hall–Kier alpha value is -0.810. The van der Waals surface area contributed by atoms with E-state index in [2.05, 4.69) is 17.9 Å². The molecule has 1 atom stereocenters. The van der Waals surface area contributed by atoms with Crippen LogP contribution in [0.15, 0.2) is 18.2 Å². The molecule has 0 radical (unpaired) electrons. The molecule has 1 aromatic carbocycles. The van der Waals surface area contributed by atoms with Gasteiger partial charge in [0.05, 0.1) is 6.10 Å². The third-order valence-corrected chi connectivity index (χ3v) is 4.01. The number of aliphatic hydroxyl groups is 2. The summed E-state index contributed by atoms with van der Waals surface area (Å²) in [5.41, 5.74) is 2.32. The lowest BCUT2D eigenvalue weighted by Crippen LogP contribution is -2.41. The average Bonchev–Trinajstić information content (AvgIpc) is 2.43. The van der Waals surface area contributed by atoms with Crippen molar-refractivity contribution in [3.63, 3.8) is 0 Å². The number of hydrogen-bond acceptors (Lipinski definition) is 4. The molecule has 1 aliphatic heterocycles. The largest absolute Gasteiger partial charge is 0.491 e. The van der Waals surface area contributed by atoms with Gasteiger partial charge in [0.15, 0.2) is 0 Å². The predicted molar refractivity (Wildman–Crippen MR) is 86.3 cm³/mol. The normalized spacial score (nSPS) is 18.1. The zero-order valence-corrected chi connectivity index (χ0v) is 13.6. The molecular weight excluding hydrogens is 290 g/mol. The van der Waals surface area contributed by atoms with Crippen LogP contribution in [-0.4, -0.2) is 53.6 Å². The number of piperidine rings is 1. The first kappa shape index (κ1) is 18.2. The van der Waals surface area contributed by atoms with Crippen LogP contribution >= 0.6 is 12.4 Å². The van der Waals surface area contributed by atoms with E-state index >= 15 is 0 Å². The Morgan fingerprint density at radius 1 is 1.29 bits per heavy atom. The Morgan fingerprint density at radius 3 is 2.62 bits per heavy atom. The van der Waals surface area contributed by atoms with Crippen molar-refractivity contribution in [3.05, 3.63) is 29.3 Å². The molecule has 1 unspecified atom stereocenters. The monoisotopic (exact) mass is 315 g/mol. The Bertz CT molecular complexity index is 434. The molecule has 1 fully saturated rings. The number of ether oxygens (including phenoxy) is 1. The van der Waals surface area contributed by atoms with E-state index in [1.807, 2.05) is 19.1 Å². The van der Waals surface area contributed by atoms with Gasteiger partial charge in [-0.05, 0) is 43.9 Å². The highest BCUT2D eigenvalue weighted by Crippen LogP contribution is 2.20. The number of likely N-dealkylation sites (tertiary alicyclic amines) is 1. The quantitative estimate of drug-likeness (QED) is 0.871. The smallest absolute Gasteiger partial charge is 0.122 e. The van der Waals surface area contributed by atoms with Crippen LogP contribution in [0, 0.1) is 13.8 Å². The summed E-state index contributed by atoms with van der Waals surface area (Å²) in [5.74, 6) is 0.845. The van der Waals surface area contributed by atoms with Crippen LogP contribution in [0.5, 0.6) is 5.75 Å². The van der Waals surface area contributed by atoms with Gasteiger partial charge in [-0.1, -0.05) is 12.1 Å². The van der Waals surface area contributed by atoms with Crippen LogP contribution in [0.1, 0.15) is 24.0 Å². The standard InChI is InChI=1S/C16H25NO3.ClH/c1-12-4-3-5-16(13(12)2)20-11-15(19)10-17-8-6-14(18)7-9-17;/h3-5,14-15,18-19H,6-11H2,1-2H3;1H. The summed E-state index contributed by atoms with van der Waals surface area (Å²) < 4.78 is 5.72. The first-order valence-electron chi connectivity index (χ1n) is 7.33. The van der Waals surface area contributed by atoms with Gasteiger partial charge in [0.2, 0.25) is 0 Å². The topological polar surface area (TPSA) is 52.9 Å². The van der Waals surface area contributed by atoms with Crippen molar-refractivity contribution in [2.24, 2.45) is 0 Å². The van der Waals surface area contributed by atoms with Crippen LogP contribution < -0.4 is 4.74 Å². The number of aryl methyl sites for hydroxylation is 1.